The van der Waals surface area contributed by atoms with E-state index in [1.807, 2.05) is 18.2 Å². The number of hydrogen-bond acceptors (Lipinski definition) is 3. The molecule has 2 aromatic carbocycles. The van der Waals surface area contributed by atoms with E-state index in [0.29, 0.717) is 0 Å². The van der Waals surface area contributed by atoms with Crippen molar-refractivity contribution in [2.75, 3.05) is 18.5 Å². The first-order chi connectivity index (χ1) is 12.3. The van der Waals surface area contributed by atoms with E-state index in [0.717, 1.165) is 18.8 Å². The van der Waals surface area contributed by atoms with Crippen molar-refractivity contribution >= 4 is 5.69 Å². The van der Waals surface area contributed by atoms with E-state index in [-0.39, 0.29) is 0 Å². The molecule has 3 heteroatoms. The third-order valence-corrected chi connectivity index (χ3v) is 4.45. The van der Waals surface area contributed by atoms with Gasteiger partial charge in [0.05, 0.1) is 0 Å². The zero-order chi connectivity index (χ0) is 17.7. The Bertz CT molecular complexity index is 575. The third kappa shape index (κ3) is 7.29. The molecule has 0 fully saturated rings. The van der Waals surface area contributed by atoms with E-state index in [1.165, 1.54) is 49.9 Å². The predicted octanol–water partition coefficient (Wildman–Crippen LogP) is 5.21. The van der Waals surface area contributed by atoms with Gasteiger partial charge < -0.3 is 5.43 Å². The number of anilines is 1. The zero-order valence-electron chi connectivity index (χ0n) is 15.8. The molecule has 0 heterocycles. The second-order valence-electron chi connectivity index (χ2n) is 6.60. The standard InChI is InChI=1S/C22H33N3/c1-3-5-16-25(17-6-4-2)19-21-13-11-10-12-20(21)18-23-24-22-14-8-7-9-15-22/h7-15,23-24H,3-6,16-19H2,1-2H3. The molecule has 0 atom stereocenters. The van der Waals surface area contributed by atoms with Gasteiger partial charge in [-0.1, -0.05) is 69.2 Å². The van der Waals surface area contributed by atoms with Gasteiger partial charge in [0.2, 0.25) is 0 Å². The number of nitrogens with one attached hydrogen (secondary N) is 2. The van der Waals surface area contributed by atoms with Crippen molar-refractivity contribution in [2.45, 2.75) is 52.6 Å². The average molecular weight is 340 g/mol. The van der Waals surface area contributed by atoms with Crippen molar-refractivity contribution in [3.63, 3.8) is 0 Å². The number of hydrogen-bond donors (Lipinski definition) is 2. The number of rotatable bonds is 12. The Morgan fingerprint density at radius 1 is 0.760 bits per heavy atom. The van der Waals surface area contributed by atoms with Crippen LogP contribution in [0.15, 0.2) is 54.6 Å². The van der Waals surface area contributed by atoms with Gasteiger partial charge >= 0.3 is 0 Å². The molecular formula is C22H33N3. The molecule has 0 aliphatic carbocycles. The molecule has 0 aromatic heterocycles. The summed E-state index contributed by atoms with van der Waals surface area (Å²) in [5, 5.41) is 0. The number of benzene rings is 2. The molecule has 25 heavy (non-hydrogen) atoms. The fourth-order valence-electron chi connectivity index (χ4n) is 2.92. The van der Waals surface area contributed by atoms with Crippen LogP contribution in [0, 0.1) is 0 Å². The number of unbranched alkanes of at least 4 members (excludes halogenated alkanes) is 2. The SMILES string of the molecule is CCCCN(CCCC)Cc1ccccc1CNNc1ccccc1. The third-order valence-electron chi connectivity index (χ3n) is 4.45. The van der Waals surface area contributed by atoms with Crippen molar-refractivity contribution in [1.29, 1.82) is 0 Å². The monoisotopic (exact) mass is 339 g/mol. The van der Waals surface area contributed by atoms with Gasteiger partial charge in [0.25, 0.3) is 0 Å². The fourth-order valence-corrected chi connectivity index (χ4v) is 2.92. The van der Waals surface area contributed by atoms with Gasteiger partial charge in [-0.25, -0.2) is 5.43 Å². The van der Waals surface area contributed by atoms with Gasteiger partial charge in [0.1, 0.15) is 0 Å². The Balaban J connectivity index is 1.93. The van der Waals surface area contributed by atoms with Crippen molar-refractivity contribution in [1.82, 2.24) is 10.3 Å². The summed E-state index contributed by atoms with van der Waals surface area (Å²) in [6.45, 7) is 8.79. The van der Waals surface area contributed by atoms with Crippen molar-refractivity contribution in [3.05, 3.63) is 65.7 Å². The second kappa shape index (κ2) is 11.7. The molecule has 0 saturated carbocycles. The maximum absolute atomic E-state index is 3.35. The first-order valence-corrected chi connectivity index (χ1v) is 9.66. The van der Waals surface area contributed by atoms with E-state index in [9.17, 15) is 0 Å². The van der Waals surface area contributed by atoms with Crippen LogP contribution in [0.5, 0.6) is 0 Å². The molecule has 0 saturated heterocycles. The van der Waals surface area contributed by atoms with Crippen molar-refractivity contribution in [3.8, 4) is 0 Å². The maximum atomic E-state index is 3.35. The molecule has 2 N–H and O–H groups in total. The second-order valence-corrected chi connectivity index (χ2v) is 6.60. The Labute approximate surface area is 153 Å². The molecule has 0 unspecified atom stereocenters. The molecule has 0 aliphatic rings. The summed E-state index contributed by atoms with van der Waals surface area (Å²) < 4.78 is 0. The van der Waals surface area contributed by atoms with Crippen molar-refractivity contribution < 1.29 is 0 Å². The van der Waals surface area contributed by atoms with Crippen LogP contribution in [0.3, 0.4) is 0 Å². The maximum Gasteiger partial charge on any atom is 0.0487 e. The molecule has 0 bridgehead atoms. The van der Waals surface area contributed by atoms with Crippen LogP contribution in [0.1, 0.15) is 50.7 Å². The van der Waals surface area contributed by atoms with E-state index in [2.05, 4.69) is 66.0 Å². The van der Waals surface area contributed by atoms with Crippen LogP contribution in [-0.2, 0) is 13.1 Å². The Morgan fingerprint density at radius 3 is 2.00 bits per heavy atom. The van der Waals surface area contributed by atoms with Crippen LogP contribution in [0.4, 0.5) is 5.69 Å². The average Bonchev–Trinajstić information content (AvgIpc) is 2.66. The summed E-state index contributed by atoms with van der Waals surface area (Å²) in [7, 11) is 0. The van der Waals surface area contributed by atoms with Gasteiger partial charge in [-0.3, -0.25) is 4.90 Å². The summed E-state index contributed by atoms with van der Waals surface area (Å²) in [4.78, 5) is 2.61. The van der Waals surface area contributed by atoms with Crippen LogP contribution < -0.4 is 10.9 Å². The van der Waals surface area contributed by atoms with Crippen LogP contribution in [0.25, 0.3) is 0 Å². The normalized spacial score (nSPS) is 11.0. The number of nitrogens with zero attached hydrogens (tertiary/aromatic N) is 1. The lowest BCUT2D eigenvalue weighted by atomic mass is 10.1. The highest BCUT2D eigenvalue weighted by atomic mass is 15.3. The molecule has 2 aromatic rings. The van der Waals surface area contributed by atoms with E-state index < -0.39 is 0 Å². The lowest BCUT2D eigenvalue weighted by molar-refractivity contribution is 0.256. The topological polar surface area (TPSA) is 27.3 Å². The fraction of sp³-hybridized carbons (Fsp3) is 0.455. The zero-order valence-corrected chi connectivity index (χ0v) is 15.8. The molecule has 2 rings (SSSR count). The highest BCUT2D eigenvalue weighted by molar-refractivity contribution is 5.41. The largest absolute Gasteiger partial charge is 0.321 e. The molecular weight excluding hydrogens is 306 g/mol. The van der Waals surface area contributed by atoms with Gasteiger partial charge in [-0.2, -0.15) is 0 Å². The molecule has 0 radical (unpaired) electrons. The minimum absolute atomic E-state index is 0.820. The number of para-hydroxylation sites is 1. The van der Waals surface area contributed by atoms with Gasteiger partial charge in [0.15, 0.2) is 0 Å². The first-order valence-electron chi connectivity index (χ1n) is 9.66. The molecule has 136 valence electrons. The highest BCUT2D eigenvalue weighted by Crippen LogP contribution is 2.13. The lowest BCUT2D eigenvalue weighted by Crippen LogP contribution is -2.27. The minimum Gasteiger partial charge on any atom is -0.321 e. The summed E-state index contributed by atoms with van der Waals surface area (Å²) in [6, 6.07) is 19.0. The summed E-state index contributed by atoms with van der Waals surface area (Å²) >= 11 is 0. The first kappa shape index (κ1) is 19.5. The Hall–Kier alpha value is -1.84. The summed E-state index contributed by atoms with van der Waals surface area (Å²) in [6.07, 6.45) is 5.07. The molecule has 3 nitrogen and oxygen atoms in total. The summed E-state index contributed by atoms with van der Waals surface area (Å²) in [5.41, 5.74) is 10.5. The van der Waals surface area contributed by atoms with E-state index in [1.54, 1.807) is 0 Å². The Kier molecular flexibility index (Phi) is 9.09. The smallest absolute Gasteiger partial charge is 0.0487 e. The minimum atomic E-state index is 0.820. The lowest BCUT2D eigenvalue weighted by Gasteiger charge is -2.23. The summed E-state index contributed by atoms with van der Waals surface area (Å²) in [5.74, 6) is 0. The van der Waals surface area contributed by atoms with Crippen LogP contribution >= 0.6 is 0 Å². The van der Waals surface area contributed by atoms with E-state index in [4.69, 9.17) is 0 Å². The number of hydrazine groups is 1. The van der Waals surface area contributed by atoms with Crippen LogP contribution in [0.2, 0.25) is 0 Å². The van der Waals surface area contributed by atoms with Gasteiger partial charge in [-0.05, 0) is 49.2 Å². The van der Waals surface area contributed by atoms with Crippen LogP contribution in [-0.4, -0.2) is 18.0 Å². The quantitative estimate of drug-likeness (QED) is 0.520. The molecule has 0 amide bonds. The molecule has 0 spiro atoms. The van der Waals surface area contributed by atoms with E-state index >= 15 is 0 Å². The predicted molar refractivity (Wildman–Crippen MR) is 108 cm³/mol. The van der Waals surface area contributed by atoms with Gasteiger partial charge in [-0.15, -0.1) is 0 Å². The van der Waals surface area contributed by atoms with Gasteiger partial charge in [0, 0.05) is 18.8 Å². The molecule has 0 aliphatic heterocycles. The highest BCUT2D eigenvalue weighted by Gasteiger charge is 2.08. The van der Waals surface area contributed by atoms with Crippen molar-refractivity contribution in [2.24, 2.45) is 0 Å². The Morgan fingerprint density at radius 2 is 1.36 bits per heavy atom.